The third kappa shape index (κ3) is 2.98. The highest BCUT2D eigenvalue weighted by Gasteiger charge is 2.35. The molecule has 0 spiro atoms. The van der Waals surface area contributed by atoms with E-state index in [1.54, 1.807) is 0 Å². The molecule has 0 aromatic carbocycles. The molecule has 0 unspecified atom stereocenters. The summed E-state index contributed by atoms with van der Waals surface area (Å²) in [5.74, 6) is 0.885. The second kappa shape index (κ2) is 6.61. The molecule has 16 heavy (non-hydrogen) atoms. The number of piperazine rings is 1. The molecule has 0 aromatic heterocycles. The first kappa shape index (κ1) is 14.0. The van der Waals surface area contributed by atoms with E-state index in [1.807, 2.05) is 0 Å². The molecule has 1 aliphatic heterocycles. The molecule has 1 saturated heterocycles. The molecule has 0 aromatic rings. The minimum absolute atomic E-state index is 0.431. The Labute approximate surface area is 102 Å². The average molecular weight is 226 g/mol. The second-order valence-electron chi connectivity index (χ2n) is 5.24. The van der Waals surface area contributed by atoms with Crippen molar-refractivity contribution in [3.63, 3.8) is 0 Å². The quantitative estimate of drug-likeness (QED) is 0.749. The summed E-state index contributed by atoms with van der Waals surface area (Å²) in [7, 11) is 0. The van der Waals surface area contributed by atoms with E-state index in [4.69, 9.17) is 0 Å². The van der Waals surface area contributed by atoms with Gasteiger partial charge in [0.05, 0.1) is 0 Å². The molecule has 0 atom stereocenters. The molecule has 2 nitrogen and oxygen atoms in total. The number of hydrogen-bond acceptors (Lipinski definition) is 2. The zero-order chi connectivity index (χ0) is 12.0. The molecule has 0 saturated carbocycles. The summed E-state index contributed by atoms with van der Waals surface area (Å²) in [6.45, 7) is 14.2. The lowest BCUT2D eigenvalue weighted by atomic mass is 9.87. The van der Waals surface area contributed by atoms with E-state index in [0.717, 1.165) is 5.92 Å². The molecule has 0 amide bonds. The van der Waals surface area contributed by atoms with Crippen molar-refractivity contribution in [3.8, 4) is 0 Å². The van der Waals surface area contributed by atoms with Gasteiger partial charge in [-0.25, -0.2) is 0 Å². The average Bonchev–Trinajstić information content (AvgIpc) is 2.36. The van der Waals surface area contributed by atoms with Gasteiger partial charge >= 0.3 is 0 Å². The molecule has 1 heterocycles. The van der Waals surface area contributed by atoms with Crippen molar-refractivity contribution in [1.29, 1.82) is 0 Å². The van der Waals surface area contributed by atoms with Crippen molar-refractivity contribution < 1.29 is 0 Å². The molecule has 1 N–H and O–H groups in total. The highest BCUT2D eigenvalue weighted by molar-refractivity contribution is 4.94. The van der Waals surface area contributed by atoms with Crippen LogP contribution in [0.25, 0.3) is 0 Å². The van der Waals surface area contributed by atoms with Gasteiger partial charge in [0.25, 0.3) is 0 Å². The Bertz CT molecular complexity index is 183. The molecule has 96 valence electrons. The van der Waals surface area contributed by atoms with E-state index in [0.29, 0.717) is 5.54 Å². The van der Waals surface area contributed by atoms with Crippen LogP contribution in [-0.4, -0.2) is 36.6 Å². The monoisotopic (exact) mass is 226 g/mol. The van der Waals surface area contributed by atoms with E-state index >= 15 is 0 Å². The first-order valence-electron chi connectivity index (χ1n) is 7.18. The summed E-state index contributed by atoms with van der Waals surface area (Å²) in [5, 5.41) is 3.58. The van der Waals surface area contributed by atoms with Crippen molar-refractivity contribution in [2.24, 2.45) is 5.92 Å². The number of nitrogens with zero attached hydrogens (tertiary/aromatic N) is 1. The number of hydrogen-bond donors (Lipinski definition) is 1. The van der Waals surface area contributed by atoms with E-state index in [1.165, 1.54) is 51.9 Å². The zero-order valence-corrected chi connectivity index (χ0v) is 11.7. The van der Waals surface area contributed by atoms with Gasteiger partial charge in [-0.1, -0.05) is 40.5 Å². The molecule has 0 aliphatic carbocycles. The standard InChI is InChI=1S/C14H30N2/c1-5-13(6-2)11-16-10-9-15-12-14(16,7-3)8-4/h13,15H,5-12H2,1-4H3. The lowest BCUT2D eigenvalue weighted by molar-refractivity contribution is 0.0364. The van der Waals surface area contributed by atoms with Crippen LogP contribution in [0, 0.1) is 5.92 Å². The van der Waals surface area contributed by atoms with Gasteiger partial charge in [-0.3, -0.25) is 4.90 Å². The molecular formula is C14H30N2. The van der Waals surface area contributed by atoms with Crippen molar-refractivity contribution in [2.45, 2.75) is 58.9 Å². The van der Waals surface area contributed by atoms with Crippen molar-refractivity contribution >= 4 is 0 Å². The minimum Gasteiger partial charge on any atom is -0.314 e. The van der Waals surface area contributed by atoms with Crippen LogP contribution >= 0.6 is 0 Å². The highest BCUT2D eigenvalue weighted by Crippen LogP contribution is 2.27. The lowest BCUT2D eigenvalue weighted by Crippen LogP contribution is -2.61. The predicted octanol–water partition coefficient (Wildman–Crippen LogP) is 2.89. The molecule has 2 heteroatoms. The Morgan fingerprint density at radius 2 is 1.75 bits per heavy atom. The van der Waals surface area contributed by atoms with Gasteiger partial charge in [-0.15, -0.1) is 0 Å². The van der Waals surface area contributed by atoms with Gasteiger partial charge in [-0.2, -0.15) is 0 Å². The van der Waals surface area contributed by atoms with Crippen molar-refractivity contribution in [3.05, 3.63) is 0 Å². The van der Waals surface area contributed by atoms with Crippen molar-refractivity contribution in [2.75, 3.05) is 26.2 Å². The fraction of sp³-hybridized carbons (Fsp3) is 1.00. The third-order valence-electron chi connectivity index (χ3n) is 4.63. The molecule has 1 fully saturated rings. The van der Waals surface area contributed by atoms with Gasteiger partial charge in [-0.05, 0) is 18.8 Å². The lowest BCUT2D eigenvalue weighted by Gasteiger charge is -2.48. The summed E-state index contributed by atoms with van der Waals surface area (Å²) in [5.41, 5.74) is 0.431. The molecule has 0 bridgehead atoms. The predicted molar refractivity (Wildman–Crippen MR) is 71.8 cm³/mol. The van der Waals surface area contributed by atoms with Gasteiger partial charge in [0.2, 0.25) is 0 Å². The van der Waals surface area contributed by atoms with Gasteiger partial charge in [0.1, 0.15) is 0 Å². The zero-order valence-electron chi connectivity index (χ0n) is 11.7. The summed E-state index contributed by atoms with van der Waals surface area (Å²) in [6, 6.07) is 0. The molecule has 0 radical (unpaired) electrons. The van der Waals surface area contributed by atoms with Crippen LogP contribution in [0.4, 0.5) is 0 Å². The maximum absolute atomic E-state index is 3.58. The van der Waals surface area contributed by atoms with Crippen LogP contribution in [0.1, 0.15) is 53.4 Å². The summed E-state index contributed by atoms with van der Waals surface area (Å²) in [4.78, 5) is 2.77. The smallest absolute Gasteiger partial charge is 0.0329 e. The second-order valence-corrected chi connectivity index (χ2v) is 5.24. The Balaban J connectivity index is 2.65. The molecular weight excluding hydrogens is 196 g/mol. The van der Waals surface area contributed by atoms with Crippen LogP contribution in [0.2, 0.25) is 0 Å². The van der Waals surface area contributed by atoms with Crippen molar-refractivity contribution in [1.82, 2.24) is 10.2 Å². The Kier molecular flexibility index (Phi) is 5.77. The minimum atomic E-state index is 0.431. The fourth-order valence-electron chi connectivity index (χ4n) is 2.97. The van der Waals surface area contributed by atoms with Crippen LogP contribution in [0.5, 0.6) is 0 Å². The van der Waals surface area contributed by atoms with Crippen LogP contribution in [-0.2, 0) is 0 Å². The Morgan fingerprint density at radius 3 is 2.25 bits per heavy atom. The fourth-order valence-corrected chi connectivity index (χ4v) is 2.97. The Morgan fingerprint density at radius 1 is 1.12 bits per heavy atom. The van der Waals surface area contributed by atoms with Gasteiger partial charge < -0.3 is 5.32 Å². The largest absolute Gasteiger partial charge is 0.314 e. The van der Waals surface area contributed by atoms with Crippen LogP contribution < -0.4 is 5.32 Å². The van der Waals surface area contributed by atoms with E-state index < -0.39 is 0 Å². The SMILES string of the molecule is CCC(CC)CN1CCNCC1(CC)CC. The van der Waals surface area contributed by atoms with Gasteiger partial charge in [0, 0.05) is 31.7 Å². The topological polar surface area (TPSA) is 15.3 Å². The maximum Gasteiger partial charge on any atom is 0.0329 e. The first-order chi connectivity index (χ1) is 7.72. The van der Waals surface area contributed by atoms with E-state index in [9.17, 15) is 0 Å². The van der Waals surface area contributed by atoms with Gasteiger partial charge in [0.15, 0.2) is 0 Å². The normalized spacial score (nSPS) is 21.6. The molecule has 1 rings (SSSR count). The number of rotatable bonds is 6. The summed E-state index contributed by atoms with van der Waals surface area (Å²) >= 11 is 0. The first-order valence-corrected chi connectivity index (χ1v) is 7.18. The highest BCUT2D eigenvalue weighted by atomic mass is 15.3. The summed E-state index contributed by atoms with van der Waals surface area (Å²) in [6.07, 6.45) is 5.20. The third-order valence-corrected chi connectivity index (χ3v) is 4.63. The van der Waals surface area contributed by atoms with E-state index in [2.05, 4.69) is 37.9 Å². The molecule has 1 aliphatic rings. The van der Waals surface area contributed by atoms with E-state index in [-0.39, 0.29) is 0 Å². The van der Waals surface area contributed by atoms with Crippen LogP contribution in [0.3, 0.4) is 0 Å². The van der Waals surface area contributed by atoms with Crippen LogP contribution in [0.15, 0.2) is 0 Å². The summed E-state index contributed by atoms with van der Waals surface area (Å²) < 4.78 is 0. The maximum atomic E-state index is 3.58. The number of nitrogens with one attached hydrogen (secondary N) is 1. The Hall–Kier alpha value is -0.0800.